The van der Waals surface area contributed by atoms with Crippen molar-refractivity contribution in [2.75, 3.05) is 13.1 Å². The first kappa shape index (κ1) is 15.7. The Balaban J connectivity index is 1.34. The lowest BCUT2D eigenvalue weighted by molar-refractivity contribution is 0.326. The van der Waals surface area contributed by atoms with E-state index >= 15 is 0 Å². The zero-order valence-electron chi connectivity index (χ0n) is 14.0. The fourth-order valence-corrected chi connectivity index (χ4v) is 3.25. The van der Waals surface area contributed by atoms with Crippen molar-refractivity contribution in [3.05, 3.63) is 78.5 Å². The maximum absolute atomic E-state index is 5.68. The highest BCUT2D eigenvalue weighted by Gasteiger charge is 2.23. The Morgan fingerprint density at radius 3 is 2.64 bits per heavy atom. The van der Waals surface area contributed by atoms with Gasteiger partial charge in [-0.25, -0.2) is 4.98 Å². The number of pyridine rings is 1. The van der Waals surface area contributed by atoms with Crippen LogP contribution >= 0.6 is 0 Å². The molecular formula is C20H20N4O. The minimum atomic E-state index is 0.508. The van der Waals surface area contributed by atoms with Gasteiger partial charge in [-0.05, 0) is 48.2 Å². The van der Waals surface area contributed by atoms with Crippen molar-refractivity contribution >= 4 is 0 Å². The normalized spacial score (nSPS) is 17.5. The second-order valence-electron chi connectivity index (χ2n) is 6.30. The summed E-state index contributed by atoms with van der Waals surface area (Å²) in [6.45, 7) is 3.17. The van der Waals surface area contributed by atoms with Crippen LogP contribution in [0.3, 0.4) is 0 Å². The van der Waals surface area contributed by atoms with Gasteiger partial charge in [-0.15, -0.1) is 0 Å². The number of hydrogen-bond acceptors (Lipinski definition) is 5. The maximum Gasteiger partial charge on any atom is 0.237 e. The topological polar surface area (TPSA) is 51.1 Å². The lowest BCUT2D eigenvalue weighted by Gasteiger charge is -2.16. The molecule has 2 aromatic heterocycles. The summed E-state index contributed by atoms with van der Waals surface area (Å²) in [6.07, 6.45) is 9.88. The monoisotopic (exact) mass is 332 g/mol. The van der Waals surface area contributed by atoms with Crippen molar-refractivity contribution in [2.24, 2.45) is 0 Å². The molecule has 1 unspecified atom stereocenters. The average molecular weight is 332 g/mol. The molecule has 3 aromatic rings. The third-order valence-electron chi connectivity index (χ3n) is 4.52. The molecule has 0 N–H and O–H groups in total. The van der Waals surface area contributed by atoms with Crippen molar-refractivity contribution < 1.29 is 4.74 Å². The molecule has 0 spiro atoms. The van der Waals surface area contributed by atoms with Gasteiger partial charge in [-0.1, -0.05) is 18.2 Å². The van der Waals surface area contributed by atoms with Gasteiger partial charge < -0.3 is 4.74 Å². The van der Waals surface area contributed by atoms with E-state index in [9.17, 15) is 0 Å². The molecule has 3 heterocycles. The first-order chi connectivity index (χ1) is 12.4. The summed E-state index contributed by atoms with van der Waals surface area (Å²) in [4.78, 5) is 14.9. The van der Waals surface area contributed by atoms with Crippen LogP contribution in [0.2, 0.25) is 0 Å². The third-order valence-corrected chi connectivity index (χ3v) is 4.52. The summed E-state index contributed by atoms with van der Waals surface area (Å²) >= 11 is 0. The van der Waals surface area contributed by atoms with Crippen LogP contribution in [-0.2, 0) is 6.54 Å². The Morgan fingerprint density at radius 2 is 1.88 bits per heavy atom. The van der Waals surface area contributed by atoms with Crippen LogP contribution < -0.4 is 4.74 Å². The smallest absolute Gasteiger partial charge is 0.237 e. The molecule has 0 radical (unpaired) electrons. The molecule has 0 bridgehead atoms. The van der Waals surface area contributed by atoms with Gasteiger partial charge in [0.25, 0.3) is 0 Å². The quantitative estimate of drug-likeness (QED) is 0.714. The second kappa shape index (κ2) is 7.40. The molecule has 25 heavy (non-hydrogen) atoms. The minimum Gasteiger partial charge on any atom is -0.438 e. The van der Waals surface area contributed by atoms with E-state index in [1.807, 2.05) is 30.6 Å². The Kier molecular flexibility index (Phi) is 4.65. The van der Waals surface area contributed by atoms with Crippen molar-refractivity contribution in [2.45, 2.75) is 18.9 Å². The number of benzene rings is 1. The summed E-state index contributed by atoms with van der Waals surface area (Å²) in [5.41, 5.74) is 2.64. The summed E-state index contributed by atoms with van der Waals surface area (Å²) in [7, 11) is 0. The molecule has 126 valence electrons. The number of likely N-dealkylation sites (tertiary alicyclic amines) is 1. The number of nitrogens with zero attached hydrogens (tertiary/aromatic N) is 4. The summed E-state index contributed by atoms with van der Waals surface area (Å²) < 4.78 is 5.68. The van der Waals surface area contributed by atoms with Crippen molar-refractivity contribution in [3.8, 4) is 11.6 Å². The number of ether oxygens (including phenoxy) is 1. The summed E-state index contributed by atoms with van der Waals surface area (Å²) in [6, 6.07) is 12.4. The fourth-order valence-electron chi connectivity index (χ4n) is 3.25. The minimum absolute atomic E-state index is 0.508. The van der Waals surface area contributed by atoms with E-state index in [1.54, 1.807) is 18.6 Å². The predicted molar refractivity (Wildman–Crippen MR) is 95.4 cm³/mol. The molecule has 1 saturated heterocycles. The van der Waals surface area contributed by atoms with Gasteiger partial charge in [0, 0.05) is 37.9 Å². The SMILES string of the molecule is c1cncc(C2CCN(Cc3ccc(Oc4cnccn4)cc3)C2)c1. The van der Waals surface area contributed by atoms with Crippen molar-refractivity contribution in [1.82, 2.24) is 19.9 Å². The number of rotatable bonds is 5. The Morgan fingerprint density at radius 1 is 1.00 bits per heavy atom. The molecule has 1 aliphatic heterocycles. The highest BCUT2D eigenvalue weighted by atomic mass is 16.5. The molecule has 5 heteroatoms. The molecule has 0 amide bonds. The fraction of sp³-hybridized carbons (Fsp3) is 0.250. The van der Waals surface area contributed by atoms with E-state index in [2.05, 4.69) is 38.1 Å². The number of aromatic nitrogens is 3. The van der Waals surface area contributed by atoms with Crippen LogP contribution in [0.25, 0.3) is 0 Å². The average Bonchev–Trinajstić information content (AvgIpc) is 3.14. The van der Waals surface area contributed by atoms with Gasteiger partial charge in [0.1, 0.15) is 5.75 Å². The summed E-state index contributed by atoms with van der Waals surface area (Å²) in [5.74, 6) is 1.88. The van der Waals surface area contributed by atoms with Crippen LogP contribution in [0, 0.1) is 0 Å². The molecule has 1 atom stereocenters. The van der Waals surface area contributed by atoms with Gasteiger partial charge in [0.05, 0.1) is 6.20 Å². The third kappa shape index (κ3) is 4.00. The second-order valence-corrected chi connectivity index (χ2v) is 6.30. The van der Waals surface area contributed by atoms with Crippen molar-refractivity contribution in [3.63, 3.8) is 0 Å². The van der Waals surface area contributed by atoms with E-state index in [0.29, 0.717) is 11.8 Å². The zero-order valence-corrected chi connectivity index (χ0v) is 14.0. The van der Waals surface area contributed by atoms with Gasteiger partial charge in [0.15, 0.2) is 0 Å². The van der Waals surface area contributed by atoms with Gasteiger partial charge >= 0.3 is 0 Å². The van der Waals surface area contributed by atoms with E-state index in [-0.39, 0.29) is 0 Å². The molecule has 1 aromatic carbocycles. The van der Waals surface area contributed by atoms with Crippen LogP contribution in [-0.4, -0.2) is 32.9 Å². The lowest BCUT2D eigenvalue weighted by Crippen LogP contribution is -2.19. The molecule has 1 aliphatic rings. The standard InChI is InChI=1S/C20H20N4O/c1-2-17(12-21-8-1)18-7-11-24(15-18)14-16-3-5-19(6-4-16)25-20-13-22-9-10-23-20/h1-6,8-10,12-13,18H,7,11,14-15H2. The Bertz CT molecular complexity index is 793. The maximum atomic E-state index is 5.68. The Labute approximate surface area is 147 Å². The van der Waals surface area contributed by atoms with E-state index in [0.717, 1.165) is 25.4 Å². The van der Waals surface area contributed by atoms with Crippen LogP contribution in [0.15, 0.2) is 67.4 Å². The first-order valence-corrected chi connectivity index (χ1v) is 8.52. The molecule has 5 nitrogen and oxygen atoms in total. The highest BCUT2D eigenvalue weighted by molar-refractivity contribution is 5.30. The predicted octanol–water partition coefficient (Wildman–Crippen LogP) is 3.65. The zero-order chi connectivity index (χ0) is 16.9. The lowest BCUT2D eigenvalue weighted by atomic mass is 10.0. The molecule has 4 rings (SSSR count). The highest BCUT2D eigenvalue weighted by Crippen LogP contribution is 2.28. The van der Waals surface area contributed by atoms with Gasteiger partial charge in [0.2, 0.25) is 5.88 Å². The molecule has 1 fully saturated rings. The van der Waals surface area contributed by atoms with Gasteiger partial charge in [-0.2, -0.15) is 0 Å². The van der Waals surface area contributed by atoms with E-state index in [4.69, 9.17) is 4.74 Å². The van der Waals surface area contributed by atoms with E-state index < -0.39 is 0 Å². The molecule has 0 aliphatic carbocycles. The number of hydrogen-bond donors (Lipinski definition) is 0. The Hall–Kier alpha value is -2.79. The van der Waals surface area contributed by atoms with Crippen LogP contribution in [0.1, 0.15) is 23.5 Å². The van der Waals surface area contributed by atoms with Crippen molar-refractivity contribution in [1.29, 1.82) is 0 Å². The molecule has 0 saturated carbocycles. The van der Waals surface area contributed by atoms with Crippen LogP contribution in [0.5, 0.6) is 11.6 Å². The first-order valence-electron chi connectivity index (χ1n) is 8.52. The molecular weight excluding hydrogens is 312 g/mol. The van der Waals surface area contributed by atoms with Gasteiger partial charge in [-0.3, -0.25) is 14.9 Å². The van der Waals surface area contributed by atoms with E-state index in [1.165, 1.54) is 17.5 Å². The largest absolute Gasteiger partial charge is 0.438 e. The van der Waals surface area contributed by atoms with Crippen LogP contribution in [0.4, 0.5) is 0 Å². The summed E-state index contributed by atoms with van der Waals surface area (Å²) in [5, 5.41) is 0.